The fraction of sp³-hybridized carbons (Fsp3) is 0.200. The van der Waals surface area contributed by atoms with Crippen LogP contribution in [0.5, 0.6) is 0 Å². The maximum absolute atomic E-state index is 12.5. The first-order chi connectivity index (χ1) is 7.80. The summed E-state index contributed by atoms with van der Waals surface area (Å²) < 4.78 is 42.5. The summed E-state index contributed by atoms with van der Waals surface area (Å²) in [6, 6.07) is 2.50. The van der Waals surface area contributed by atoms with Gasteiger partial charge in [0.25, 0.3) is 0 Å². The molecule has 0 unspecified atom stereocenters. The molecule has 0 radical (unpaired) electrons. The van der Waals surface area contributed by atoms with Gasteiger partial charge >= 0.3 is 17.6 Å². The summed E-state index contributed by atoms with van der Waals surface area (Å²) in [6.07, 6.45) is -4.53. The second kappa shape index (κ2) is 3.47. The van der Waals surface area contributed by atoms with Crippen molar-refractivity contribution >= 4 is 10.9 Å². The fourth-order valence-electron chi connectivity index (χ4n) is 1.46. The van der Waals surface area contributed by atoms with Gasteiger partial charge in [-0.15, -0.1) is 0 Å². The van der Waals surface area contributed by atoms with E-state index in [9.17, 15) is 22.8 Å². The predicted molar refractivity (Wildman–Crippen MR) is 52.7 cm³/mol. The maximum atomic E-state index is 12.5. The summed E-state index contributed by atoms with van der Waals surface area (Å²) >= 11 is 0. The minimum Gasteiger partial charge on any atom is -0.372 e. The average Bonchev–Trinajstić information content (AvgIpc) is 2.24. The van der Waals surface area contributed by atoms with Gasteiger partial charge in [0, 0.05) is 7.05 Å². The standard InChI is InChI=1S/C10H6F3NO3/c1-14-7-4-5(10(11,12)13)2-3-6(7)8(15)17-9(14)16/h2-4H,1H3. The van der Waals surface area contributed by atoms with Crippen LogP contribution < -0.4 is 11.4 Å². The molecule has 90 valence electrons. The van der Waals surface area contributed by atoms with Gasteiger partial charge in [-0.25, -0.2) is 9.59 Å². The van der Waals surface area contributed by atoms with E-state index in [-0.39, 0.29) is 10.9 Å². The van der Waals surface area contributed by atoms with E-state index in [2.05, 4.69) is 4.42 Å². The minimum absolute atomic E-state index is 0.0694. The zero-order valence-corrected chi connectivity index (χ0v) is 8.54. The molecule has 2 rings (SSSR count). The molecule has 1 heterocycles. The van der Waals surface area contributed by atoms with Crippen LogP contribution in [-0.2, 0) is 13.2 Å². The van der Waals surface area contributed by atoms with Gasteiger partial charge < -0.3 is 4.42 Å². The number of alkyl halides is 3. The second-order valence-corrected chi connectivity index (χ2v) is 3.44. The molecule has 1 aromatic heterocycles. The van der Waals surface area contributed by atoms with Crippen LogP contribution in [0.15, 0.2) is 32.2 Å². The monoisotopic (exact) mass is 245 g/mol. The molecular formula is C10H6F3NO3. The normalized spacial score (nSPS) is 12.0. The van der Waals surface area contributed by atoms with Crippen molar-refractivity contribution in [3.05, 3.63) is 44.7 Å². The molecule has 2 aromatic rings. The smallest absolute Gasteiger partial charge is 0.372 e. The zero-order valence-electron chi connectivity index (χ0n) is 8.54. The van der Waals surface area contributed by atoms with E-state index in [4.69, 9.17) is 0 Å². The van der Waals surface area contributed by atoms with E-state index in [0.29, 0.717) is 0 Å². The molecule has 0 saturated carbocycles. The van der Waals surface area contributed by atoms with E-state index in [1.807, 2.05) is 0 Å². The summed E-state index contributed by atoms with van der Waals surface area (Å²) in [4.78, 5) is 22.4. The summed E-state index contributed by atoms with van der Waals surface area (Å²) in [5.74, 6) is -0.998. The summed E-state index contributed by atoms with van der Waals surface area (Å²) in [6.45, 7) is 0. The van der Waals surface area contributed by atoms with Crippen LogP contribution >= 0.6 is 0 Å². The van der Waals surface area contributed by atoms with Crippen LogP contribution in [0, 0.1) is 0 Å². The van der Waals surface area contributed by atoms with Crippen LogP contribution in [-0.4, -0.2) is 4.57 Å². The Bertz CT molecular complexity index is 696. The van der Waals surface area contributed by atoms with Gasteiger partial charge in [0.05, 0.1) is 16.5 Å². The lowest BCUT2D eigenvalue weighted by molar-refractivity contribution is -0.137. The molecule has 0 atom stereocenters. The van der Waals surface area contributed by atoms with Gasteiger partial charge in [0.15, 0.2) is 0 Å². The van der Waals surface area contributed by atoms with Crippen molar-refractivity contribution in [2.45, 2.75) is 6.18 Å². The van der Waals surface area contributed by atoms with E-state index in [1.54, 1.807) is 0 Å². The second-order valence-electron chi connectivity index (χ2n) is 3.44. The van der Waals surface area contributed by atoms with Crippen LogP contribution in [0.4, 0.5) is 13.2 Å². The number of aromatic nitrogens is 1. The Morgan fingerprint density at radius 1 is 1.24 bits per heavy atom. The Morgan fingerprint density at radius 3 is 2.47 bits per heavy atom. The Balaban J connectivity index is 2.91. The van der Waals surface area contributed by atoms with E-state index in [1.165, 1.54) is 7.05 Å². The molecule has 0 aliphatic carbocycles. The van der Waals surface area contributed by atoms with Crippen molar-refractivity contribution in [3.63, 3.8) is 0 Å². The highest BCUT2D eigenvalue weighted by molar-refractivity contribution is 5.78. The van der Waals surface area contributed by atoms with Crippen molar-refractivity contribution in [2.24, 2.45) is 7.05 Å². The number of aryl methyl sites for hydroxylation is 1. The van der Waals surface area contributed by atoms with Crippen molar-refractivity contribution in [1.82, 2.24) is 4.57 Å². The lowest BCUT2D eigenvalue weighted by atomic mass is 10.1. The maximum Gasteiger partial charge on any atom is 0.422 e. The lowest BCUT2D eigenvalue weighted by Gasteiger charge is -2.08. The van der Waals surface area contributed by atoms with Crippen molar-refractivity contribution in [3.8, 4) is 0 Å². The van der Waals surface area contributed by atoms with Gasteiger partial charge in [-0.2, -0.15) is 13.2 Å². The molecule has 1 aromatic carbocycles. The average molecular weight is 245 g/mol. The number of halogens is 3. The molecule has 0 aliphatic heterocycles. The lowest BCUT2D eigenvalue weighted by Crippen LogP contribution is -2.22. The summed E-state index contributed by atoms with van der Waals surface area (Å²) in [5, 5.41) is -0.0694. The molecular weight excluding hydrogens is 239 g/mol. The van der Waals surface area contributed by atoms with Gasteiger partial charge in [-0.1, -0.05) is 0 Å². The first-order valence-electron chi connectivity index (χ1n) is 4.52. The number of benzene rings is 1. The molecule has 4 nitrogen and oxygen atoms in total. The van der Waals surface area contributed by atoms with Crippen LogP contribution in [0.2, 0.25) is 0 Å². The molecule has 0 saturated heterocycles. The van der Waals surface area contributed by atoms with Crippen molar-refractivity contribution in [2.75, 3.05) is 0 Å². The van der Waals surface area contributed by atoms with E-state index in [0.717, 1.165) is 22.8 Å². The minimum atomic E-state index is -4.53. The Morgan fingerprint density at radius 2 is 1.88 bits per heavy atom. The van der Waals surface area contributed by atoms with Crippen molar-refractivity contribution < 1.29 is 17.6 Å². The highest BCUT2D eigenvalue weighted by atomic mass is 19.4. The molecule has 0 N–H and O–H groups in total. The number of hydrogen-bond acceptors (Lipinski definition) is 3. The third kappa shape index (κ3) is 1.83. The SMILES string of the molecule is Cn1c(=O)oc(=O)c2ccc(C(F)(F)F)cc21. The highest BCUT2D eigenvalue weighted by Gasteiger charge is 2.31. The van der Waals surface area contributed by atoms with Gasteiger partial charge in [0.1, 0.15) is 0 Å². The summed E-state index contributed by atoms with van der Waals surface area (Å²) in [7, 11) is 1.23. The Kier molecular flexibility index (Phi) is 2.34. The third-order valence-corrected chi connectivity index (χ3v) is 2.36. The van der Waals surface area contributed by atoms with E-state index >= 15 is 0 Å². The Labute approximate surface area is 91.9 Å². The van der Waals surface area contributed by atoms with Gasteiger partial charge in [0.2, 0.25) is 0 Å². The first-order valence-corrected chi connectivity index (χ1v) is 4.52. The fourth-order valence-corrected chi connectivity index (χ4v) is 1.46. The number of fused-ring (bicyclic) bond motifs is 1. The van der Waals surface area contributed by atoms with Gasteiger partial charge in [-0.05, 0) is 18.2 Å². The van der Waals surface area contributed by atoms with Crippen molar-refractivity contribution in [1.29, 1.82) is 0 Å². The number of nitrogens with zero attached hydrogens (tertiary/aromatic N) is 1. The molecule has 0 bridgehead atoms. The highest BCUT2D eigenvalue weighted by Crippen LogP contribution is 2.30. The summed E-state index contributed by atoms with van der Waals surface area (Å²) in [5.41, 5.74) is -1.98. The topological polar surface area (TPSA) is 52.2 Å². The molecule has 0 aliphatic rings. The number of rotatable bonds is 0. The van der Waals surface area contributed by atoms with Crippen LogP contribution in [0.3, 0.4) is 0 Å². The van der Waals surface area contributed by atoms with Gasteiger partial charge in [-0.3, -0.25) is 4.57 Å². The predicted octanol–water partition coefficient (Wildman–Crippen LogP) is 1.51. The quantitative estimate of drug-likeness (QED) is 0.706. The molecule has 0 fully saturated rings. The van der Waals surface area contributed by atoms with E-state index < -0.39 is 23.1 Å². The third-order valence-electron chi connectivity index (χ3n) is 2.36. The molecule has 0 amide bonds. The first kappa shape index (κ1) is 11.4. The molecule has 7 heteroatoms. The van der Waals surface area contributed by atoms with Crippen LogP contribution in [0.25, 0.3) is 10.9 Å². The largest absolute Gasteiger partial charge is 0.422 e. The molecule has 0 spiro atoms. The zero-order chi connectivity index (χ0) is 12.8. The Hall–Kier alpha value is -2.05. The molecule has 17 heavy (non-hydrogen) atoms. The number of hydrogen-bond donors (Lipinski definition) is 0. The van der Waals surface area contributed by atoms with Crippen LogP contribution in [0.1, 0.15) is 5.56 Å².